The van der Waals surface area contributed by atoms with Crippen molar-refractivity contribution in [3.05, 3.63) is 0 Å². The van der Waals surface area contributed by atoms with Gasteiger partial charge in [0.05, 0.1) is 18.2 Å². The molecule has 2 aliphatic carbocycles. The first kappa shape index (κ1) is 16.2. The Morgan fingerprint density at radius 2 is 1.47 bits per heavy atom. The first-order valence-electron chi connectivity index (χ1n) is 7.18. The van der Waals surface area contributed by atoms with Crippen molar-refractivity contribution in [1.82, 2.24) is 5.32 Å². The SMILES string of the molecule is NC(=O)N[C@@H]1CCCC[C@H]1O.N[C@@H]1CCCC[C@H]1O. The second kappa shape index (κ2) is 8.35. The molecule has 4 atom stereocenters. The number of carbonyl (C=O) groups is 1. The van der Waals surface area contributed by atoms with Crippen molar-refractivity contribution in [2.75, 3.05) is 0 Å². The molecule has 2 rings (SSSR count). The highest BCUT2D eigenvalue weighted by Crippen LogP contribution is 2.18. The van der Waals surface area contributed by atoms with E-state index in [1.807, 2.05) is 0 Å². The highest BCUT2D eigenvalue weighted by Gasteiger charge is 2.23. The molecular weight excluding hydrogens is 246 g/mol. The number of carbonyl (C=O) groups excluding carboxylic acids is 1. The average molecular weight is 273 g/mol. The van der Waals surface area contributed by atoms with Gasteiger partial charge in [-0.1, -0.05) is 25.7 Å². The third kappa shape index (κ3) is 6.22. The van der Waals surface area contributed by atoms with E-state index in [1.54, 1.807) is 0 Å². The van der Waals surface area contributed by atoms with Gasteiger partial charge in [0.15, 0.2) is 0 Å². The average Bonchev–Trinajstić information content (AvgIpc) is 2.36. The number of aliphatic hydroxyl groups excluding tert-OH is 2. The van der Waals surface area contributed by atoms with E-state index in [9.17, 15) is 9.90 Å². The standard InChI is InChI=1S/C7H14N2O2.C6H13NO/c8-7(11)9-5-3-1-2-4-6(5)10;7-5-3-1-2-4-6(5)8/h5-6,10H,1-4H2,(H3,8,9,11);5-6,8H,1-4,7H2/t2*5-,6-/m11/s1. The maximum absolute atomic E-state index is 10.4. The van der Waals surface area contributed by atoms with Crippen LogP contribution in [0.25, 0.3) is 0 Å². The van der Waals surface area contributed by atoms with Crippen LogP contribution in [0.3, 0.4) is 0 Å². The summed E-state index contributed by atoms with van der Waals surface area (Å²) < 4.78 is 0. The van der Waals surface area contributed by atoms with Gasteiger partial charge in [-0.3, -0.25) is 0 Å². The zero-order valence-electron chi connectivity index (χ0n) is 11.4. The molecule has 112 valence electrons. The van der Waals surface area contributed by atoms with Gasteiger partial charge in [-0.2, -0.15) is 0 Å². The van der Waals surface area contributed by atoms with Crippen LogP contribution in [0.4, 0.5) is 4.79 Å². The minimum Gasteiger partial charge on any atom is -0.392 e. The van der Waals surface area contributed by atoms with E-state index in [-0.39, 0.29) is 18.2 Å². The molecular formula is C13H27N3O3. The Labute approximate surface area is 114 Å². The van der Waals surface area contributed by atoms with E-state index in [0.29, 0.717) is 0 Å². The number of amides is 2. The first-order chi connectivity index (χ1) is 9.00. The van der Waals surface area contributed by atoms with Gasteiger partial charge in [-0.25, -0.2) is 4.79 Å². The summed E-state index contributed by atoms with van der Waals surface area (Å²) in [5, 5.41) is 20.9. The van der Waals surface area contributed by atoms with E-state index in [0.717, 1.165) is 44.9 Å². The monoisotopic (exact) mass is 273 g/mol. The quantitative estimate of drug-likeness (QED) is 0.468. The van der Waals surface area contributed by atoms with Crippen molar-refractivity contribution in [3.63, 3.8) is 0 Å². The third-order valence-electron chi connectivity index (χ3n) is 3.84. The van der Waals surface area contributed by atoms with E-state index in [2.05, 4.69) is 5.32 Å². The maximum atomic E-state index is 10.4. The van der Waals surface area contributed by atoms with Crippen LogP contribution in [0.15, 0.2) is 0 Å². The molecule has 0 saturated heterocycles. The number of hydrogen-bond donors (Lipinski definition) is 5. The summed E-state index contributed by atoms with van der Waals surface area (Å²) >= 11 is 0. The number of urea groups is 1. The predicted octanol–water partition coefficient (Wildman–Crippen LogP) is 0.207. The van der Waals surface area contributed by atoms with Crippen molar-refractivity contribution < 1.29 is 15.0 Å². The van der Waals surface area contributed by atoms with Gasteiger partial charge in [0.1, 0.15) is 0 Å². The molecule has 0 aromatic carbocycles. The Balaban J connectivity index is 0.000000200. The fourth-order valence-electron chi connectivity index (χ4n) is 2.60. The smallest absolute Gasteiger partial charge is 0.312 e. The molecule has 0 unspecified atom stereocenters. The van der Waals surface area contributed by atoms with E-state index >= 15 is 0 Å². The van der Waals surface area contributed by atoms with Crippen LogP contribution in [0, 0.1) is 0 Å². The topological polar surface area (TPSA) is 122 Å². The summed E-state index contributed by atoms with van der Waals surface area (Å²) in [4.78, 5) is 10.4. The van der Waals surface area contributed by atoms with Crippen LogP contribution in [-0.2, 0) is 0 Å². The second-order valence-electron chi connectivity index (χ2n) is 5.48. The normalized spacial score (nSPS) is 34.9. The molecule has 0 radical (unpaired) electrons. The highest BCUT2D eigenvalue weighted by molar-refractivity contribution is 5.72. The number of aliphatic hydroxyl groups is 2. The Hall–Kier alpha value is -0.850. The largest absolute Gasteiger partial charge is 0.392 e. The molecule has 0 spiro atoms. The Morgan fingerprint density at radius 1 is 0.947 bits per heavy atom. The minimum atomic E-state index is -0.545. The van der Waals surface area contributed by atoms with E-state index in [4.69, 9.17) is 16.6 Å². The molecule has 6 heteroatoms. The zero-order chi connectivity index (χ0) is 14.3. The summed E-state index contributed by atoms with van der Waals surface area (Å²) in [6, 6.07) is -0.610. The number of nitrogens with one attached hydrogen (secondary N) is 1. The zero-order valence-corrected chi connectivity index (χ0v) is 11.4. The minimum absolute atomic E-state index is 0.0590. The number of nitrogens with two attached hydrogens (primary N) is 2. The van der Waals surface area contributed by atoms with E-state index in [1.165, 1.54) is 6.42 Å². The van der Waals surface area contributed by atoms with Crippen molar-refractivity contribution >= 4 is 6.03 Å². The van der Waals surface area contributed by atoms with Gasteiger partial charge in [0.25, 0.3) is 0 Å². The molecule has 0 heterocycles. The van der Waals surface area contributed by atoms with Crippen molar-refractivity contribution in [1.29, 1.82) is 0 Å². The molecule has 0 bridgehead atoms. The summed E-state index contributed by atoms with van der Waals surface area (Å²) in [5.41, 5.74) is 10.5. The Morgan fingerprint density at radius 3 is 1.89 bits per heavy atom. The molecule has 0 aromatic rings. The summed E-state index contributed by atoms with van der Waals surface area (Å²) in [7, 11) is 0. The predicted molar refractivity (Wildman–Crippen MR) is 73.4 cm³/mol. The number of primary amides is 1. The van der Waals surface area contributed by atoms with Gasteiger partial charge in [-0.05, 0) is 25.7 Å². The second-order valence-corrected chi connectivity index (χ2v) is 5.48. The van der Waals surface area contributed by atoms with Crippen LogP contribution in [0.1, 0.15) is 51.4 Å². The van der Waals surface area contributed by atoms with Crippen molar-refractivity contribution in [2.24, 2.45) is 11.5 Å². The van der Waals surface area contributed by atoms with E-state index < -0.39 is 12.1 Å². The third-order valence-corrected chi connectivity index (χ3v) is 3.84. The van der Waals surface area contributed by atoms with Crippen LogP contribution < -0.4 is 16.8 Å². The first-order valence-corrected chi connectivity index (χ1v) is 7.18. The number of hydrogen-bond acceptors (Lipinski definition) is 4. The lowest BCUT2D eigenvalue weighted by Crippen LogP contribution is -2.47. The van der Waals surface area contributed by atoms with Crippen LogP contribution in [0.5, 0.6) is 0 Å². The van der Waals surface area contributed by atoms with Gasteiger partial charge in [0.2, 0.25) is 0 Å². The lowest BCUT2D eigenvalue weighted by Gasteiger charge is -2.27. The van der Waals surface area contributed by atoms with Gasteiger partial charge in [-0.15, -0.1) is 0 Å². The van der Waals surface area contributed by atoms with Gasteiger partial charge >= 0.3 is 6.03 Å². The fourth-order valence-corrected chi connectivity index (χ4v) is 2.60. The lowest BCUT2D eigenvalue weighted by molar-refractivity contribution is 0.0952. The highest BCUT2D eigenvalue weighted by atomic mass is 16.3. The molecule has 19 heavy (non-hydrogen) atoms. The fraction of sp³-hybridized carbons (Fsp3) is 0.923. The summed E-state index contributed by atoms with van der Waals surface area (Å²) in [5.74, 6) is 0. The van der Waals surface area contributed by atoms with Crippen molar-refractivity contribution in [3.8, 4) is 0 Å². The summed E-state index contributed by atoms with van der Waals surface area (Å²) in [6.07, 6.45) is 7.32. The summed E-state index contributed by atoms with van der Waals surface area (Å²) in [6.45, 7) is 0. The molecule has 6 nitrogen and oxygen atoms in total. The molecule has 7 N–H and O–H groups in total. The Kier molecular flexibility index (Phi) is 7.12. The lowest BCUT2D eigenvalue weighted by atomic mass is 9.93. The molecule has 0 aliphatic heterocycles. The van der Waals surface area contributed by atoms with Crippen molar-refractivity contribution in [2.45, 2.75) is 75.7 Å². The van der Waals surface area contributed by atoms with Gasteiger partial charge in [0, 0.05) is 6.04 Å². The Bertz CT molecular complexity index is 266. The maximum Gasteiger partial charge on any atom is 0.312 e. The van der Waals surface area contributed by atoms with Crippen LogP contribution in [0.2, 0.25) is 0 Å². The van der Waals surface area contributed by atoms with Gasteiger partial charge < -0.3 is 27.0 Å². The number of rotatable bonds is 1. The van der Waals surface area contributed by atoms with Crippen LogP contribution in [-0.4, -0.2) is 40.5 Å². The molecule has 2 amide bonds. The van der Waals surface area contributed by atoms with Crippen LogP contribution >= 0.6 is 0 Å². The molecule has 2 saturated carbocycles. The molecule has 0 aromatic heterocycles. The molecule has 2 fully saturated rings. The molecule has 2 aliphatic rings.